The molecule has 0 aromatic carbocycles. The molecule has 4 nitrogen and oxygen atoms in total. The first kappa shape index (κ1) is 7.49. The molecule has 0 aliphatic carbocycles. The Balaban J connectivity index is 1.94. The fraction of sp³-hybridized carbons (Fsp3) is 1.00. The number of hydrazine groups is 1. The Morgan fingerprint density at radius 1 is 1.27 bits per heavy atom. The molecule has 0 amide bonds. The first-order valence-corrected chi connectivity index (χ1v) is 4.04. The van der Waals surface area contributed by atoms with Crippen LogP contribution in [-0.4, -0.2) is 50.6 Å². The number of rotatable bonds is 1. The predicted octanol–water partition coefficient (Wildman–Crippen LogP) is -0.780. The first-order valence-electron chi connectivity index (χ1n) is 4.04. The summed E-state index contributed by atoms with van der Waals surface area (Å²) in [6.45, 7) is 3.36. The maximum Gasteiger partial charge on any atom is 0.0954 e. The Hall–Kier alpha value is -0.160. The highest BCUT2D eigenvalue weighted by Crippen LogP contribution is 2.14. The fourth-order valence-corrected chi connectivity index (χ4v) is 1.62. The Morgan fingerprint density at radius 2 is 1.91 bits per heavy atom. The molecule has 2 fully saturated rings. The molecule has 0 aromatic heterocycles. The van der Waals surface area contributed by atoms with Crippen molar-refractivity contribution in [2.75, 3.05) is 33.4 Å². The van der Waals surface area contributed by atoms with Gasteiger partial charge in [0.05, 0.1) is 25.4 Å². The third-order valence-electron chi connectivity index (χ3n) is 2.16. The van der Waals surface area contributed by atoms with E-state index in [1.54, 1.807) is 0 Å². The molecule has 2 saturated heterocycles. The number of nitrogens with zero attached hydrogens (tertiary/aromatic N) is 1. The van der Waals surface area contributed by atoms with Crippen molar-refractivity contribution in [2.45, 2.75) is 12.2 Å². The van der Waals surface area contributed by atoms with Crippen LogP contribution in [0.15, 0.2) is 0 Å². The van der Waals surface area contributed by atoms with Crippen LogP contribution in [0, 0.1) is 0 Å². The Morgan fingerprint density at radius 3 is 2.45 bits per heavy atom. The van der Waals surface area contributed by atoms with E-state index in [-0.39, 0.29) is 12.2 Å². The summed E-state index contributed by atoms with van der Waals surface area (Å²) >= 11 is 0. The van der Waals surface area contributed by atoms with E-state index >= 15 is 0 Å². The van der Waals surface area contributed by atoms with E-state index in [9.17, 15) is 0 Å². The minimum atomic E-state index is 0.273. The van der Waals surface area contributed by atoms with Crippen molar-refractivity contribution in [3.63, 3.8) is 0 Å². The van der Waals surface area contributed by atoms with Gasteiger partial charge in [0.15, 0.2) is 0 Å². The monoisotopic (exact) mass is 158 g/mol. The van der Waals surface area contributed by atoms with Crippen molar-refractivity contribution >= 4 is 0 Å². The molecule has 64 valence electrons. The number of ether oxygens (including phenoxy) is 2. The van der Waals surface area contributed by atoms with E-state index in [4.69, 9.17) is 9.47 Å². The Labute approximate surface area is 66.4 Å². The molecule has 0 aromatic rings. The van der Waals surface area contributed by atoms with Gasteiger partial charge in [0, 0.05) is 13.1 Å². The van der Waals surface area contributed by atoms with E-state index in [1.165, 1.54) is 0 Å². The standard InChI is InChI=1S/C7H14N2O2/c1-8-9-2-6-4-10-5-7(3-9)11-6/h6-8H,2-5H2,1H3. The minimum Gasteiger partial charge on any atom is -0.376 e. The average molecular weight is 158 g/mol. The van der Waals surface area contributed by atoms with Crippen molar-refractivity contribution < 1.29 is 9.47 Å². The van der Waals surface area contributed by atoms with Gasteiger partial charge in [0.25, 0.3) is 0 Å². The van der Waals surface area contributed by atoms with Crippen LogP contribution in [0.1, 0.15) is 0 Å². The number of fused-ring (bicyclic) bond motifs is 2. The van der Waals surface area contributed by atoms with Gasteiger partial charge in [-0.05, 0) is 7.05 Å². The summed E-state index contributed by atoms with van der Waals surface area (Å²) in [5, 5.41) is 2.18. The lowest BCUT2D eigenvalue weighted by Gasteiger charge is -2.40. The second-order valence-electron chi connectivity index (χ2n) is 3.05. The van der Waals surface area contributed by atoms with Gasteiger partial charge in [-0.25, -0.2) is 5.01 Å². The maximum absolute atomic E-state index is 5.65. The average Bonchev–Trinajstić information content (AvgIpc) is 2.03. The van der Waals surface area contributed by atoms with Crippen molar-refractivity contribution in [3.05, 3.63) is 0 Å². The van der Waals surface area contributed by atoms with Crippen LogP contribution in [0.25, 0.3) is 0 Å². The summed E-state index contributed by atoms with van der Waals surface area (Å²) in [5.74, 6) is 0. The van der Waals surface area contributed by atoms with Gasteiger partial charge >= 0.3 is 0 Å². The quantitative estimate of drug-likeness (QED) is 0.543. The fourth-order valence-electron chi connectivity index (χ4n) is 1.62. The molecule has 2 rings (SSSR count). The molecule has 2 aliphatic heterocycles. The lowest BCUT2D eigenvalue weighted by atomic mass is 10.2. The van der Waals surface area contributed by atoms with Crippen LogP contribution in [0.4, 0.5) is 0 Å². The summed E-state index contributed by atoms with van der Waals surface area (Å²) < 4.78 is 11.0. The van der Waals surface area contributed by atoms with Gasteiger partial charge in [-0.3, -0.25) is 5.43 Å². The van der Waals surface area contributed by atoms with Gasteiger partial charge in [-0.2, -0.15) is 0 Å². The summed E-state index contributed by atoms with van der Waals surface area (Å²) in [6.07, 6.45) is 0.546. The summed E-state index contributed by atoms with van der Waals surface area (Å²) in [7, 11) is 1.95. The zero-order chi connectivity index (χ0) is 7.68. The van der Waals surface area contributed by atoms with Crippen LogP contribution in [-0.2, 0) is 9.47 Å². The van der Waals surface area contributed by atoms with Gasteiger partial charge in [0.2, 0.25) is 0 Å². The first-order chi connectivity index (χ1) is 5.38. The molecular weight excluding hydrogens is 144 g/mol. The highest BCUT2D eigenvalue weighted by Gasteiger charge is 2.31. The molecule has 2 bridgehead atoms. The van der Waals surface area contributed by atoms with Gasteiger partial charge < -0.3 is 9.47 Å². The topological polar surface area (TPSA) is 33.7 Å². The van der Waals surface area contributed by atoms with Gasteiger partial charge in [0.1, 0.15) is 0 Å². The largest absolute Gasteiger partial charge is 0.376 e. The number of hydrogen-bond donors (Lipinski definition) is 1. The van der Waals surface area contributed by atoms with Crippen LogP contribution >= 0.6 is 0 Å². The van der Waals surface area contributed by atoms with E-state index in [0.29, 0.717) is 0 Å². The molecule has 1 N–H and O–H groups in total. The van der Waals surface area contributed by atoms with Crippen LogP contribution in [0.2, 0.25) is 0 Å². The van der Waals surface area contributed by atoms with Crippen LogP contribution in [0.5, 0.6) is 0 Å². The molecule has 2 aliphatic rings. The number of morpholine rings is 1. The summed E-state index contributed by atoms with van der Waals surface area (Å²) in [5.41, 5.74) is 3.13. The second-order valence-corrected chi connectivity index (χ2v) is 3.05. The zero-order valence-electron chi connectivity index (χ0n) is 6.75. The van der Waals surface area contributed by atoms with E-state index < -0.39 is 0 Å². The van der Waals surface area contributed by atoms with Crippen molar-refractivity contribution in [3.8, 4) is 0 Å². The van der Waals surface area contributed by atoms with Crippen molar-refractivity contribution in [2.24, 2.45) is 0 Å². The minimum absolute atomic E-state index is 0.273. The van der Waals surface area contributed by atoms with E-state index in [0.717, 1.165) is 26.3 Å². The smallest absolute Gasteiger partial charge is 0.0954 e. The molecule has 0 saturated carbocycles. The maximum atomic E-state index is 5.65. The highest BCUT2D eigenvalue weighted by molar-refractivity contribution is 4.78. The molecule has 11 heavy (non-hydrogen) atoms. The van der Waals surface area contributed by atoms with Crippen LogP contribution < -0.4 is 5.43 Å². The van der Waals surface area contributed by atoms with Crippen molar-refractivity contribution in [1.82, 2.24) is 10.4 Å². The molecule has 2 heterocycles. The van der Waals surface area contributed by atoms with E-state index in [2.05, 4.69) is 10.4 Å². The summed E-state index contributed by atoms with van der Waals surface area (Å²) in [6, 6.07) is 0. The van der Waals surface area contributed by atoms with Gasteiger partial charge in [-0.1, -0.05) is 0 Å². The van der Waals surface area contributed by atoms with E-state index in [1.807, 2.05) is 7.05 Å². The molecule has 2 atom stereocenters. The number of hydrogen-bond acceptors (Lipinski definition) is 4. The predicted molar refractivity (Wildman–Crippen MR) is 40.1 cm³/mol. The Bertz CT molecular complexity index is 130. The lowest BCUT2D eigenvalue weighted by Crippen LogP contribution is -2.57. The van der Waals surface area contributed by atoms with Gasteiger partial charge in [-0.15, -0.1) is 0 Å². The van der Waals surface area contributed by atoms with Crippen LogP contribution in [0.3, 0.4) is 0 Å². The van der Waals surface area contributed by atoms with Crippen molar-refractivity contribution in [1.29, 1.82) is 0 Å². The molecule has 0 radical (unpaired) electrons. The molecule has 0 spiro atoms. The molecule has 2 unspecified atom stereocenters. The zero-order valence-corrected chi connectivity index (χ0v) is 6.75. The third-order valence-corrected chi connectivity index (χ3v) is 2.16. The summed E-state index contributed by atoms with van der Waals surface area (Å²) in [4.78, 5) is 0. The number of nitrogens with one attached hydrogen (secondary N) is 1. The highest BCUT2D eigenvalue weighted by atomic mass is 16.6. The third kappa shape index (κ3) is 1.54. The molecular formula is C7H14N2O2. The SMILES string of the molecule is CNN1CC2COCC(C1)O2. The second kappa shape index (κ2) is 3.06. The normalized spacial score (nSPS) is 39.0. The molecule has 4 heteroatoms. The lowest BCUT2D eigenvalue weighted by molar-refractivity contribution is -0.185. The Kier molecular flexibility index (Phi) is 2.09.